The standard InChI is InChI=1S/C16H23NO2/c1-10(2)13-8-7-9-14(11(3)4)15(13)17-12(5)16(18)19-6/h7-11H,1-6H3. The Morgan fingerprint density at radius 1 is 1.11 bits per heavy atom. The van der Waals surface area contributed by atoms with Crippen LogP contribution in [0.4, 0.5) is 5.69 Å². The van der Waals surface area contributed by atoms with E-state index in [0.717, 1.165) is 16.8 Å². The highest BCUT2D eigenvalue weighted by Gasteiger charge is 2.15. The van der Waals surface area contributed by atoms with Gasteiger partial charge in [0.15, 0.2) is 0 Å². The van der Waals surface area contributed by atoms with Gasteiger partial charge in [-0.1, -0.05) is 45.9 Å². The summed E-state index contributed by atoms with van der Waals surface area (Å²) in [7, 11) is 1.37. The summed E-state index contributed by atoms with van der Waals surface area (Å²) in [5.41, 5.74) is 3.62. The maximum Gasteiger partial charge on any atom is 0.352 e. The minimum atomic E-state index is -0.381. The van der Waals surface area contributed by atoms with Crippen LogP contribution in [0.1, 0.15) is 57.6 Å². The summed E-state index contributed by atoms with van der Waals surface area (Å²) in [4.78, 5) is 16.0. The molecule has 0 spiro atoms. The first-order chi connectivity index (χ1) is 8.88. The molecule has 0 atom stereocenters. The summed E-state index contributed by atoms with van der Waals surface area (Å²) in [5, 5.41) is 0. The molecule has 3 nitrogen and oxygen atoms in total. The van der Waals surface area contributed by atoms with E-state index < -0.39 is 0 Å². The molecule has 0 aliphatic rings. The lowest BCUT2D eigenvalue weighted by molar-refractivity contribution is -0.132. The van der Waals surface area contributed by atoms with Crippen LogP contribution >= 0.6 is 0 Å². The van der Waals surface area contributed by atoms with E-state index in [1.807, 2.05) is 0 Å². The number of para-hydroxylation sites is 1. The van der Waals surface area contributed by atoms with E-state index in [2.05, 4.69) is 50.9 Å². The molecule has 19 heavy (non-hydrogen) atoms. The van der Waals surface area contributed by atoms with Crippen LogP contribution in [0.3, 0.4) is 0 Å². The summed E-state index contributed by atoms with van der Waals surface area (Å²) >= 11 is 0. The molecule has 3 heteroatoms. The zero-order valence-corrected chi connectivity index (χ0v) is 12.7. The van der Waals surface area contributed by atoms with Gasteiger partial charge in [0.05, 0.1) is 12.8 Å². The van der Waals surface area contributed by atoms with E-state index in [1.54, 1.807) is 6.92 Å². The summed E-state index contributed by atoms with van der Waals surface area (Å²) in [5.74, 6) is 0.346. The van der Waals surface area contributed by atoms with Gasteiger partial charge in [0.2, 0.25) is 0 Å². The van der Waals surface area contributed by atoms with Crippen LogP contribution in [0.5, 0.6) is 0 Å². The SMILES string of the molecule is COC(=O)C(C)=Nc1c(C(C)C)cccc1C(C)C. The number of rotatable bonds is 4. The van der Waals surface area contributed by atoms with Crippen molar-refractivity contribution >= 4 is 17.4 Å². The molecule has 1 aromatic carbocycles. The van der Waals surface area contributed by atoms with Crippen molar-refractivity contribution in [2.24, 2.45) is 4.99 Å². The summed E-state index contributed by atoms with van der Waals surface area (Å²) < 4.78 is 4.72. The normalized spacial score (nSPS) is 12.1. The number of ether oxygens (including phenoxy) is 1. The fourth-order valence-electron chi connectivity index (χ4n) is 2.00. The molecule has 0 aromatic heterocycles. The zero-order chi connectivity index (χ0) is 14.6. The maximum absolute atomic E-state index is 11.5. The van der Waals surface area contributed by atoms with Gasteiger partial charge in [0.25, 0.3) is 0 Å². The maximum atomic E-state index is 11.5. The van der Waals surface area contributed by atoms with Gasteiger partial charge in [-0.05, 0) is 29.9 Å². The topological polar surface area (TPSA) is 38.7 Å². The lowest BCUT2D eigenvalue weighted by Gasteiger charge is -2.16. The molecule has 0 unspecified atom stereocenters. The Morgan fingerprint density at radius 2 is 1.58 bits per heavy atom. The number of benzene rings is 1. The van der Waals surface area contributed by atoms with E-state index in [0.29, 0.717) is 17.5 Å². The first-order valence-corrected chi connectivity index (χ1v) is 6.64. The Kier molecular flexibility index (Phi) is 5.28. The molecule has 0 aliphatic carbocycles. The van der Waals surface area contributed by atoms with E-state index in [9.17, 15) is 4.79 Å². The Labute approximate surface area is 115 Å². The minimum Gasteiger partial charge on any atom is -0.465 e. The molecule has 1 rings (SSSR count). The molecule has 0 heterocycles. The monoisotopic (exact) mass is 261 g/mol. The van der Waals surface area contributed by atoms with Gasteiger partial charge in [0, 0.05) is 0 Å². The number of esters is 1. The van der Waals surface area contributed by atoms with Gasteiger partial charge in [-0.25, -0.2) is 9.79 Å². The van der Waals surface area contributed by atoms with Crippen molar-refractivity contribution in [3.05, 3.63) is 29.3 Å². The molecule has 0 amide bonds. The lowest BCUT2D eigenvalue weighted by atomic mass is 9.93. The second-order valence-electron chi connectivity index (χ2n) is 5.28. The molecule has 0 bridgehead atoms. The zero-order valence-electron chi connectivity index (χ0n) is 12.7. The lowest BCUT2D eigenvalue weighted by Crippen LogP contribution is -2.11. The molecule has 0 aliphatic heterocycles. The van der Waals surface area contributed by atoms with Crippen LogP contribution in [0.2, 0.25) is 0 Å². The number of carbonyl (C=O) groups excluding carboxylic acids is 1. The van der Waals surface area contributed by atoms with Crippen molar-refractivity contribution in [1.82, 2.24) is 0 Å². The molecule has 0 saturated carbocycles. The highest BCUT2D eigenvalue weighted by atomic mass is 16.5. The Bertz CT molecular complexity index is 461. The van der Waals surface area contributed by atoms with Crippen LogP contribution in [0, 0.1) is 0 Å². The third kappa shape index (κ3) is 3.66. The van der Waals surface area contributed by atoms with Crippen molar-refractivity contribution in [2.45, 2.75) is 46.5 Å². The highest BCUT2D eigenvalue weighted by molar-refractivity contribution is 6.36. The van der Waals surface area contributed by atoms with Gasteiger partial charge in [-0.15, -0.1) is 0 Å². The number of aliphatic imine (C=N–C) groups is 1. The number of nitrogens with zero attached hydrogens (tertiary/aromatic N) is 1. The number of methoxy groups -OCH3 is 1. The van der Waals surface area contributed by atoms with Crippen molar-refractivity contribution in [2.75, 3.05) is 7.11 Å². The molecule has 0 N–H and O–H groups in total. The molecule has 0 saturated heterocycles. The van der Waals surface area contributed by atoms with Gasteiger partial charge in [0.1, 0.15) is 5.71 Å². The van der Waals surface area contributed by atoms with Gasteiger partial charge < -0.3 is 4.74 Å². The molecule has 0 fully saturated rings. The van der Waals surface area contributed by atoms with Crippen LogP contribution < -0.4 is 0 Å². The Morgan fingerprint density at radius 3 is 1.95 bits per heavy atom. The van der Waals surface area contributed by atoms with E-state index in [4.69, 9.17) is 4.74 Å². The molecular weight excluding hydrogens is 238 g/mol. The van der Waals surface area contributed by atoms with Crippen LogP contribution in [-0.4, -0.2) is 18.8 Å². The fourth-order valence-corrected chi connectivity index (χ4v) is 2.00. The average Bonchev–Trinajstić information content (AvgIpc) is 2.37. The number of hydrogen-bond donors (Lipinski definition) is 0. The van der Waals surface area contributed by atoms with Crippen molar-refractivity contribution in [3.63, 3.8) is 0 Å². The number of carbonyl (C=O) groups is 1. The molecule has 1 aromatic rings. The van der Waals surface area contributed by atoms with Crippen molar-refractivity contribution in [1.29, 1.82) is 0 Å². The van der Waals surface area contributed by atoms with E-state index in [1.165, 1.54) is 7.11 Å². The van der Waals surface area contributed by atoms with Gasteiger partial charge >= 0.3 is 5.97 Å². The Hall–Kier alpha value is -1.64. The third-order valence-corrected chi connectivity index (χ3v) is 3.10. The van der Waals surface area contributed by atoms with Crippen LogP contribution in [0.25, 0.3) is 0 Å². The number of hydrogen-bond acceptors (Lipinski definition) is 3. The van der Waals surface area contributed by atoms with Crippen molar-refractivity contribution < 1.29 is 9.53 Å². The molecular formula is C16H23NO2. The predicted molar refractivity (Wildman–Crippen MR) is 79.4 cm³/mol. The van der Waals surface area contributed by atoms with Crippen molar-refractivity contribution in [3.8, 4) is 0 Å². The average molecular weight is 261 g/mol. The van der Waals surface area contributed by atoms with E-state index in [-0.39, 0.29) is 5.97 Å². The van der Waals surface area contributed by atoms with E-state index >= 15 is 0 Å². The highest BCUT2D eigenvalue weighted by Crippen LogP contribution is 2.34. The third-order valence-electron chi connectivity index (χ3n) is 3.10. The second kappa shape index (κ2) is 6.50. The minimum absolute atomic E-state index is 0.364. The second-order valence-corrected chi connectivity index (χ2v) is 5.28. The summed E-state index contributed by atoms with van der Waals surface area (Å²) in [6.07, 6.45) is 0. The molecule has 0 radical (unpaired) electrons. The quantitative estimate of drug-likeness (QED) is 0.602. The largest absolute Gasteiger partial charge is 0.465 e. The summed E-state index contributed by atoms with van der Waals surface area (Å²) in [6, 6.07) is 6.19. The smallest absolute Gasteiger partial charge is 0.352 e. The summed E-state index contributed by atoms with van der Waals surface area (Å²) in [6.45, 7) is 10.2. The first-order valence-electron chi connectivity index (χ1n) is 6.64. The van der Waals surface area contributed by atoms with Gasteiger partial charge in [-0.3, -0.25) is 0 Å². The predicted octanol–water partition coefficient (Wildman–Crippen LogP) is 4.20. The van der Waals surface area contributed by atoms with Gasteiger partial charge in [-0.2, -0.15) is 0 Å². The fraction of sp³-hybridized carbons (Fsp3) is 0.500. The first kappa shape index (κ1) is 15.4. The van der Waals surface area contributed by atoms with Crippen LogP contribution in [-0.2, 0) is 9.53 Å². The van der Waals surface area contributed by atoms with Crippen LogP contribution in [0.15, 0.2) is 23.2 Å². The molecule has 104 valence electrons. The Balaban J connectivity index is 3.41.